The highest BCUT2D eigenvalue weighted by molar-refractivity contribution is 6.31. The molecule has 0 unspecified atom stereocenters. The van der Waals surface area contributed by atoms with Crippen LogP contribution >= 0.6 is 11.6 Å². The normalized spacial score (nSPS) is 11.0. The van der Waals surface area contributed by atoms with Gasteiger partial charge in [0.05, 0.1) is 24.7 Å². The molecule has 4 aromatic rings. The quantitative estimate of drug-likeness (QED) is 0.282. The second-order valence-electron chi connectivity index (χ2n) is 8.10. The van der Waals surface area contributed by atoms with E-state index in [0.717, 1.165) is 42.5 Å². The number of benzene rings is 3. The van der Waals surface area contributed by atoms with Gasteiger partial charge >= 0.3 is 0 Å². The topological polar surface area (TPSA) is 56.1 Å². The standard InChI is InChI=1S/C27H27ClFN3O2/c1-34-20-10-7-9-19(17-20)27(33)30-16-6-2-3-15-26-31-24-13-4-5-14-25(24)32(26)18-21-22(28)11-8-12-23(21)29/h4-5,7-14,17H,2-3,6,15-16,18H2,1H3,(H,30,33). The number of nitrogens with zero attached hydrogens (tertiary/aromatic N) is 2. The van der Waals surface area contributed by atoms with Gasteiger partial charge in [0.2, 0.25) is 0 Å². The lowest BCUT2D eigenvalue weighted by molar-refractivity contribution is 0.0952. The first-order chi connectivity index (χ1) is 16.6. The SMILES string of the molecule is COc1cccc(C(=O)NCCCCCc2nc3ccccc3n2Cc2c(F)cccc2Cl)c1. The largest absolute Gasteiger partial charge is 0.497 e. The van der Waals surface area contributed by atoms with E-state index in [1.165, 1.54) is 6.07 Å². The summed E-state index contributed by atoms with van der Waals surface area (Å²) in [6, 6.07) is 19.7. The lowest BCUT2D eigenvalue weighted by Crippen LogP contribution is -2.24. The molecule has 7 heteroatoms. The first-order valence-corrected chi connectivity index (χ1v) is 11.7. The second-order valence-corrected chi connectivity index (χ2v) is 8.51. The van der Waals surface area contributed by atoms with E-state index < -0.39 is 0 Å². The molecule has 0 spiro atoms. The van der Waals surface area contributed by atoms with E-state index in [1.807, 2.05) is 34.9 Å². The fraction of sp³-hybridized carbons (Fsp3) is 0.259. The van der Waals surface area contributed by atoms with Gasteiger partial charge in [0.25, 0.3) is 5.91 Å². The van der Waals surface area contributed by atoms with Gasteiger partial charge in [0.1, 0.15) is 17.4 Å². The number of hydrogen-bond donors (Lipinski definition) is 1. The van der Waals surface area contributed by atoms with Gasteiger partial charge in [-0.15, -0.1) is 0 Å². The monoisotopic (exact) mass is 479 g/mol. The number of ether oxygens (including phenoxy) is 1. The molecule has 4 rings (SSSR count). The summed E-state index contributed by atoms with van der Waals surface area (Å²) in [7, 11) is 1.58. The maximum Gasteiger partial charge on any atom is 0.251 e. The Hall–Kier alpha value is -3.38. The summed E-state index contributed by atoms with van der Waals surface area (Å²) in [5, 5.41) is 3.37. The van der Waals surface area contributed by atoms with Gasteiger partial charge in [-0.3, -0.25) is 4.79 Å². The smallest absolute Gasteiger partial charge is 0.251 e. The number of methoxy groups -OCH3 is 1. The fourth-order valence-corrected chi connectivity index (χ4v) is 4.21. The van der Waals surface area contributed by atoms with E-state index in [-0.39, 0.29) is 11.7 Å². The van der Waals surface area contributed by atoms with Crippen LogP contribution in [0.2, 0.25) is 5.02 Å². The summed E-state index contributed by atoms with van der Waals surface area (Å²) in [4.78, 5) is 17.1. The molecule has 0 saturated heterocycles. The third-order valence-electron chi connectivity index (χ3n) is 5.81. The molecule has 1 aromatic heterocycles. The summed E-state index contributed by atoms with van der Waals surface area (Å²) in [6.45, 7) is 0.926. The van der Waals surface area contributed by atoms with Gasteiger partial charge < -0.3 is 14.6 Å². The Kier molecular flexibility index (Phi) is 7.80. The zero-order valence-corrected chi connectivity index (χ0v) is 19.8. The molecule has 0 aliphatic rings. The summed E-state index contributed by atoms with van der Waals surface area (Å²) in [5.74, 6) is 1.14. The number of rotatable bonds is 10. The van der Waals surface area contributed by atoms with Crippen molar-refractivity contribution in [2.75, 3.05) is 13.7 Å². The van der Waals surface area contributed by atoms with Crippen LogP contribution in [0.3, 0.4) is 0 Å². The Morgan fingerprint density at radius 2 is 1.88 bits per heavy atom. The van der Waals surface area contributed by atoms with E-state index in [0.29, 0.717) is 35.0 Å². The molecule has 0 aliphatic carbocycles. The molecule has 0 bridgehead atoms. The molecule has 1 heterocycles. The second kappa shape index (κ2) is 11.2. The van der Waals surface area contributed by atoms with Crippen LogP contribution in [-0.2, 0) is 13.0 Å². The van der Waals surface area contributed by atoms with Crippen molar-refractivity contribution in [3.05, 3.63) is 94.5 Å². The maximum absolute atomic E-state index is 14.4. The van der Waals surface area contributed by atoms with E-state index in [1.54, 1.807) is 37.4 Å². The van der Waals surface area contributed by atoms with Gasteiger partial charge in [-0.05, 0) is 55.3 Å². The van der Waals surface area contributed by atoms with E-state index >= 15 is 0 Å². The molecule has 3 aromatic carbocycles. The average Bonchev–Trinajstić information content (AvgIpc) is 3.20. The fourth-order valence-electron chi connectivity index (χ4n) is 3.99. The molecule has 1 N–H and O–H groups in total. The molecule has 5 nitrogen and oxygen atoms in total. The zero-order valence-electron chi connectivity index (χ0n) is 19.1. The Labute approximate surface area is 203 Å². The third-order valence-corrected chi connectivity index (χ3v) is 6.16. The zero-order chi connectivity index (χ0) is 23.9. The number of hydrogen-bond acceptors (Lipinski definition) is 3. The van der Waals surface area contributed by atoms with E-state index in [2.05, 4.69) is 5.32 Å². The van der Waals surface area contributed by atoms with Gasteiger partial charge in [0.15, 0.2) is 0 Å². The van der Waals surface area contributed by atoms with Gasteiger partial charge in [0, 0.05) is 29.1 Å². The lowest BCUT2D eigenvalue weighted by atomic mass is 10.1. The number of carbonyl (C=O) groups is 1. The third kappa shape index (κ3) is 5.57. The number of imidazole rings is 1. The number of nitrogens with one attached hydrogen (secondary N) is 1. The molecule has 0 fully saturated rings. The first kappa shape index (κ1) is 23.8. The number of fused-ring (bicyclic) bond motifs is 1. The number of aryl methyl sites for hydroxylation is 1. The average molecular weight is 480 g/mol. The summed E-state index contributed by atoms with van der Waals surface area (Å²) < 4.78 is 21.7. The van der Waals surface area contributed by atoms with Crippen LogP contribution in [0.5, 0.6) is 5.75 Å². The van der Waals surface area contributed by atoms with Crippen molar-refractivity contribution in [3.63, 3.8) is 0 Å². The van der Waals surface area contributed by atoms with Gasteiger partial charge in [-0.1, -0.05) is 42.3 Å². The van der Waals surface area contributed by atoms with Crippen molar-refractivity contribution in [2.45, 2.75) is 32.2 Å². The lowest BCUT2D eigenvalue weighted by Gasteiger charge is -2.12. The van der Waals surface area contributed by atoms with Crippen LogP contribution in [0.15, 0.2) is 66.7 Å². The minimum absolute atomic E-state index is 0.109. The summed E-state index contributed by atoms with van der Waals surface area (Å²) >= 11 is 6.28. The number of carbonyl (C=O) groups excluding carboxylic acids is 1. The van der Waals surface area contributed by atoms with Crippen LogP contribution in [0.25, 0.3) is 11.0 Å². The van der Waals surface area contributed by atoms with Crippen molar-refractivity contribution >= 4 is 28.5 Å². The minimum atomic E-state index is -0.317. The minimum Gasteiger partial charge on any atom is -0.497 e. The number of para-hydroxylation sites is 2. The highest BCUT2D eigenvalue weighted by Crippen LogP contribution is 2.24. The number of unbranched alkanes of at least 4 members (excludes halogenated alkanes) is 2. The Bertz CT molecular complexity index is 1270. The Morgan fingerprint density at radius 1 is 1.06 bits per heavy atom. The molecule has 34 heavy (non-hydrogen) atoms. The highest BCUT2D eigenvalue weighted by atomic mass is 35.5. The van der Waals surface area contributed by atoms with Crippen LogP contribution in [0.1, 0.15) is 41.0 Å². The maximum atomic E-state index is 14.4. The molecular weight excluding hydrogens is 453 g/mol. The summed E-state index contributed by atoms with van der Waals surface area (Å²) in [5.41, 5.74) is 2.89. The Morgan fingerprint density at radius 3 is 2.71 bits per heavy atom. The first-order valence-electron chi connectivity index (χ1n) is 11.4. The number of halogens is 2. The highest BCUT2D eigenvalue weighted by Gasteiger charge is 2.14. The van der Waals surface area contributed by atoms with Crippen molar-refractivity contribution < 1.29 is 13.9 Å². The summed E-state index contributed by atoms with van der Waals surface area (Å²) in [6.07, 6.45) is 3.45. The van der Waals surface area contributed by atoms with Crippen molar-refractivity contribution in [3.8, 4) is 5.75 Å². The predicted molar refractivity (Wildman–Crippen MR) is 133 cm³/mol. The van der Waals surface area contributed by atoms with Crippen molar-refractivity contribution in [1.29, 1.82) is 0 Å². The van der Waals surface area contributed by atoms with Crippen molar-refractivity contribution in [2.24, 2.45) is 0 Å². The molecule has 0 saturated carbocycles. The molecule has 0 aliphatic heterocycles. The number of amides is 1. The molecular formula is C27H27ClFN3O2. The molecule has 176 valence electrons. The molecule has 1 amide bonds. The molecule has 0 atom stereocenters. The van der Waals surface area contributed by atoms with Crippen LogP contribution in [-0.4, -0.2) is 29.1 Å². The van der Waals surface area contributed by atoms with Gasteiger partial charge in [-0.2, -0.15) is 0 Å². The van der Waals surface area contributed by atoms with Crippen LogP contribution in [0, 0.1) is 5.82 Å². The molecule has 0 radical (unpaired) electrons. The van der Waals surface area contributed by atoms with Gasteiger partial charge in [-0.25, -0.2) is 9.37 Å². The number of aromatic nitrogens is 2. The van der Waals surface area contributed by atoms with Crippen LogP contribution in [0.4, 0.5) is 4.39 Å². The predicted octanol–water partition coefficient (Wildman–Crippen LogP) is 6.03. The van der Waals surface area contributed by atoms with E-state index in [4.69, 9.17) is 21.3 Å². The van der Waals surface area contributed by atoms with E-state index in [9.17, 15) is 9.18 Å². The van der Waals surface area contributed by atoms with Crippen molar-refractivity contribution in [1.82, 2.24) is 14.9 Å². The Balaban J connectivity index is 1.34. The van der Waals surface area contributed by atoms with Crippen LogP contribution < -0.4 is 10.1 Å².